The predicted octanol–water partition coefficient (Wildman–Crippen LogP) is 2.18. The highest BCUT2D eigenvalue weighted by Gasteiger charge is 2.30. The molecule has 6 heteroatoms. The van der Waals surface area contributed by atoms with Crippen molar-refractivity contribution in [2.24, 2.45) is 4.99 Å². The highest BCUT2D eigenvalue weighted by molar-refractivity contribution is 6.32. The second kappa shape index (κ2) is 5.41. The minimum absolute atomic E-state index is 0.120. The molecule has 1 fully saturated rings. The molecule has 4 rings (SSSR count). The van der Waals surface area contributed by atoms with Crippen molar-refractivity contribution in [1.82, 2.24) is 15.2 Å². The fraction of sp³-hybridized carbons (Fsp3) is 0.375. The van der Waals surface area contributed by atoms with Crippen LogP contribution in [0.2, 0.25) is 0 Å². The second-order valence-electron chi connectivity index (χ2n) is 5.87. The van der Waals surface area contributed by atoms with Gasteiger partial charge in [-0.15, -0.1) is 0 Å². The Labute approximate surface area is 134 Å². The van der Waals surface area contributed by atoms with E-state index in [0.717, 1.165) is 35.5 Å². The van der Waals surface area contributed by atoms with Crippen molar-refractivity contribution in [2.45, 2.75) is 19.0 Å². The molecule has 1 unspecified atom stereocenters. The summed E-state index contributed by atoms with van der Waals surface area (Å²) >= 11 is 6.14. The van der Waals surface area contributed by atoms with Crippen molar-refractivity contribution in [1.29, 1.82) is 0 Å². The minimum Gasteiger partial charge on any atom is -0.365 e. The molecular weight excluding hydrogens is 298 g/mol. The standard InChI is InChI=1S/C16H18ClN5/c1-10-2-4-14(20-12-6-18-7-12)21-16(10)13-8-19-15-5-3-11(17)9-22(13)15/h2-5,9,12-13,18H,6-8H2,1H3,(H,20,21). The number of aliphatic imine (C=N–C) groups is 1. The van der Waals surface area contributed by atoms with Crippen LogP contribution in [0.3, 0.4) is 0 Å². The number of anilines is 1. The molecule has 22 heavy (non-hydrogen) atoms. The van der Waals surface area contributed by atoms with Gasteiger partial charge in [-0.25, -0.2) is 4.98 Å². The van der Waals surface area contributed by atoms with Gasteiger partial charge in [0.1, 0.15) is 11.7 Å². The van der Waals surface area contributed by atoms with Crippen molar-refractivity contribution in [3.05, 3.63) is 46.8 Å². The van der Waals surface area contributed by atoms with Crippen molar-refractivity contribution >= 4 is 23.3 Å². The van der Waals surface area contributed by atoms with E-state index in [2.05, 4.69) is 33.5 Å². The van der Waals surface area contributed by atoms with E-state index in [1.54, 1.807) is 0 Å². The molecule has 1 aromatic heterocycles. The maximum Gasteiger partial charge on any atom is 0.128 e. The van der Waals surface area contributed by atoms with Crippen molar-refractivity contribution in [3.63, 3.8) is 0 Å². The second-order valence-corrected chi connectivity index (χ2v) is 6.30. The Bertz CT molecular complexity index is 690. The Morgan fingerprint density at radius 2 is 2.18 bits per heavy atom. The van der Waals surface area contributed by atoms with Gasteiger partial charge in [0.05, 0.1) is 29.4 Å². The van der Waals surface area contributed by atoms with E-state index >= 15 is 0 Å². The topological polar surface area (TPSA) is 52.6 Å². The van der Waals surface area contributed by atoms with E-state index in [4.69, 9.17) is 16.6 Å². The average Bonchev–Trinajstić information content (AvgIpc) is 2.87. The van der Waals surface area contributed by atoms with Crippen LogP contribution in [0.5, 0.6) is 0 Å². The third-order valence-corrected chi connectivity index (χ3v) is 4.49. The number of pyridine rings is 1. The number of amidine groups is 1. The number of allylic oxidation sites excluding steroid dienone is 2. The van der Waals surface area contributed by atoms with Gasteiger partial charge in [0, 0.05) is 19.3 Å². The molecule has 114 valence electrons. The molecule has 1 saturated heterocycles. The van der Waals surface area contributed by atoms with Crippen LogP contribution < -0.4 is 10.6 Å². The lowest BCUT2D eigenvalue weighted by atomic mass is 10.1. The highest BCUT2D eigenvalue weighted by atomic mass is 35.5. The fourth-order valence-electron chi connectivity index (χ4n) is 2.91. The van der Waals surface area contributed by atoms with Crippen LogP contribution in [0, 0.1) is 6.92 Å². The Balaban J connectivity index is 1.62. The van der Waals surface area contributed by atoms with Crippen LogP contribution in [0.1, 0.15) is 17.3 Å². The van der Waals surface area contributed by atoms with E-state index in [0.29, 0.717) is 12.6 Å². The van der Waals surface area contributed by atoms with Gasteiger partial charge in [-0.1, -0.05) is 17.7 Å². The number of rotatable bonds is 3. The van der Waals surface area contributed by atoms with Gasteiger partial charge in [-0.05, 0) is 30.7 Å². The quantitative estimate of drug-likeness (QED) is 0.897. The first kappa shape index (κ1) is 13.8. The number of fused-ring (bicyclic) bond motifs is 1. The Morgan fingerprint density at radius 1 is 1.32 bits per heavy atom. The highest BCUT2D eigenvalue weighted by Crippen LogP contribution is 2.32. The summed E-state index contributed by atoms with van der Waals surface area (Å²) in [7, 11) is 0. The monoisotopic (exact) mass is 315 g/mol. The zero-order valence-electron chi connectivity index (χ0n) is 12.4. The lowest BCUT2D eigenvalue weighted by Gasteiger charge is -2.30. The zero-order valence-corrected chi connectivity index (χ0v) is 13.1. The molecule has 0 radical (unpaired) electrons. The molecule has 4 heterocycles. The van der Waals surface area contributed by atoms with Crippen LogP contribution in [-0.2, 0) is 0 Å². The molecule has 0 aliphatic carbocycles. The lowest BCUT2D eigenvalue weighted by molar-refractivity contribution is 0.443. The molecule has 5 nitrogen and oxygen atoms in total. The maximum absolute atomic E-state index is 6.14. The van der Waals surface area contributed by atoms with Crippen LogP contribution in [0.4, 0.5) is 5.82 Å². The molecular formula is C16H18ClN5. The Kier molecular flexibility index (Phi) is 3.39. The molecule has 0 spiro atoms. The van der Waals surface area contributed by atoms with Gasteiger partial charge in [0.15, 0.2) is 0 Å². The maximum atomic E-state index is 6.14. The van der Waals surface area contributed by atoms with Gasteiger partial charge < -0.3 is 15.5 Å². The first-order chi connectivity index (χ1) is 10.7. The van der Waals surface area contributed by atoms with Crippen LogP contribution in [-0.4, -0.2) is 41.4 Å². The largest absolute Gasteiger partial charge is 0.365 e. The van der Waals surface area contributed by atoms with Gasteiger partial charge >= 0.3 is 0 Å². The van der Waals surface area contributed by atoms with E-state index in [9.17, 15) is 0 Å². The van der Waals surface area contributed by atoms with Crippen LogP contribution >= 0.6 is 11.6 Å². The van der Waals surface area contributed by atoms with E-state index in [1.807, 2.05) is 24.4 Å². The number of hydrogen-bond donors (Lipinski definition) is 2. The summed E-state index contributed by atoms with van der Waals surface area (Å²) in [6, 6.07) is 4.77. The number of nitrogens with zero attached hydrogens (tertiary/aromatic N) is 3. The third kappa shape index (κ3) is 2.40. The van der Waals surface area contributed by atoms with Crippen molar-refractivity contribution < 1.29 is 0 Å². The molecule has 0 aromatic carbocycles. The molecule has 0 saturated carbocycles. The number of aromatic nitrogens is 1. The van der Waals surface area contributed by atoms with Gasteiger partial charge in [0.25, 0.3) is 0 Å². The Morgan fingerprint density at radius 3 is 2.95 bits per heavy atom. The van der Waals surface area contributed by atoms with Gasteiger partial charge in [-0.3, -0.25) is 4.99 Å². The summed E-state index contributed by atoms with van der Waals surface area (Å²) in [6.45, 7) is 4.80. The summed E-state index contributed by atoms with van der Waals surface area (Å²) in [6.07, 6.45) is 5.77. The van der Waals surface area contributed by atoms with Gasteiger partial charge in [-0.2, -0.15) is 0 Å². The average molecular weight is 316 g/mol. The SMILES string of the molecule is Cc1ccc(NC2CNC2)nc1C1CN=C2C=CC(Cl)=CN21. The molecule has 0 amide bonds. The number of halogens is 1. The van der Waals surface area contributed by atoms with E-state index < -0.39 is 0 Å². The Hall–Kier alpha value is -1.85. The van der Waals surface area contributed by atoms with E-state index in [1.165, 1.54) is 5.56 Å². The zero-order chi connectivity index (χ0) is 15.1. The molecule has 3 aliphatic rings. The molecule has 1 aromatic rings. The van der Waals surface area contributed by atoms with Gasteiger partial charge in [0.2, 0.25) is 0 Å². The lowest BCUT2D eigenvalue weighted by Crippen LogP contribution is -2.51. The predicted molar refractivity (Wildman–Crippen MR) is 89.2 cm³/mol. The molecule has 0 bridgehead atoms. The summed E-state index contributed by atoms with van der Waals surface area (Å²) in [5, 5.41) is 7.44. The molecule has 2 N–H and O–H groups in total. The van der Waals surface area contributed by atoms with E-state index in [-0.39, 0.29) is 6.04 Å². The first-order valence-corrected chi connectivity index (χ1v) is 7.91. The summed E-state index contributed by atoms with van der Waals surface area (Å²) < 4.78 is 0. The third-order valence-electron chi connectivity index (χ3n) is 4.27. The number of hydrogen-bond acceptors (Lipinski definition) is 5. The van der Waals surface area contributed by atoms with Crippen molar-refractivity contribution in [2.75, 3.05) is 25.0 Å². The molecule has 3 aliphatic heterocycles. The van der Waals surface area contributed by atoms with Crippen molar-refractivity contribution in [3.8, 4) is 0 Å². The fourth-order valence-corrected chi connectivity index (χ4v) is 3.08. The summed E-state index contributed by atoms with van der Waals surface area (Å²) in [4.78, 5) is 11.6. The number of aryl methyl sites for hydroxylation is 1. The minimum atomic E-state index is 0.120. The number of nitrogens with one attached hydrogen (secondary N) is 2. The summed E-state index contributed by atoms with van der Waals surface area (Å²) in [5.41, 5.74) is 2.24. The van der Waals surface area contributed by atoms with Crippen LogP contribution in [0.15, 0.2) is 40.5 Å². The molecule has 1 atom stereocenters. The van der Waals surface area contributed by atoms with Crippen LogP contribution in [0.25, 0.3) is 0 Å². The first-order valence-electron chi connectivity index (χ1n) is 7.54. The normalized spacial score (nSPS) is 23.7. The smallest absolute Gasteiger partial charge is 0.128 e. The summed E-state index contributed by atoms with van der Waals surface area (Å²) in [5.74, 6) is 1.89.